The smallest absolute Gasteiger partial charge is 0.306 e. The lowest BCUT2D eigenvalue weighted by atomic mass is 9.97. The van der Waals surface area contributed by atoms with Gasteiger partial charge in [0.05, 0.1) is 5.92 Å². The van der Waals surface area contributed by atoms with E-state index in [1.807, 2.05) is 4.90 Å². The highest BCUT2D eigenvalue weighted by Gasteiger charge is 2.25. The van der Waals surface area contributed by atoms with Crippen molar-refractivity contribution in [3.05, 3.63) is 42.3 Å². The lowest BCUT2D eigenvalue weighted by molar-refractivity contribution is -0.142. The van der Waals surface area contributed by atoms with Crippen LogP contribution in [-0.4, -0.2) is 34.1 Å². The maximum atomic E-state index is 13.2. The minimum absolute atomic E-state index is 0.280. The topological polar surface area (TPSA) is 78.3 Å². The Hall–Kier alpha value is -2.70. The van der Waals surface area contributed by atoms with Crippen molar-refractivity contribution in [3.63, 3.8) is 0 Å². The van der Waals surface area contributed by atoms with Crippen LogP contribution in [0.3, 0.4) is 0 Å². The number of halogens is 1. The van der Waals surface area contributed by atoms with Crippen molar-refractivity contribution in [1.82, 2.24) is 9.97 Å². The van der Waals surface area contributed by atoms with Gasteiger partial charge in [-0.2, -0.15) is 4.98 Å². The fourth-order valence-electron chi connectivity index (χ4n) is 2.64. The van der Waals surface area contributed by atoms with Gasteiger partial charge in [0.1, 0.15) is 11.6 Å². The normalized spacial score (nSPS) is 15.4. The van der Waals surface area contributed by atoms with Crippen LogP contribution in [0.25, 0.3) is 0 Å². The minimum atomic E-state index is -0.735. The predicted octanol–water partition coefficient (Wildman–Crippen LogP) is 2.66. The molecule has 1 aromatic heterocycles. The number of carbonyl (C=O) groups is 1. The molecule has 0 atom stereocenters. The molecule has 2 heterocycles. The Kier molecular flexibility index (Phi) is 4.36. The zero-order valence-corrected chi connectivity index (χ0v) is 12.4. The summed E-state index contributed by atoms with van der Waals surface area (Å²) in [4.78, 5) is 21.6. The van der Waals surface area contributed by atoms with Crippen molar-refractivity contribution in [2.75, 3.05) is 23.3 Å². The molecule has 0 radical (unpaired) electrons. The van der Waals surface area contributed by atoms with Gasteiger partial charge in [0, 0.05) is 25.0 Å². The van der Waals surface area contributed by atoms with Crippen LogP contribution in [0.5, 0.6) is 0 Å². The molecule has 2 aromatic rings. The van der Waals surface area contributed by atoms with Gasteiger partial charge >= 0.3 is 5.97 Å². The first-order valence-electron chi connectivity index (χ1n) is 7.45. The molecule has 23 heavy (non-hydrogen) atoms. The summed E-state index contributed by atoms with van der Waals surface area (Å²) in [6.07, 6.45) is 2.84. The second-order valence-corrected chi connectivity index (χ2v) is 5.47. The molecular formula is C16H17FN4O2. The Morgan fingerprint density at radius 3 is 2.78 bits per heavy atom. The fraction of sp³-hybridized carbons (Fsp3) is 0.312. The molecule has 1 aliphatic rings. The van der Waals surface area contributed by atoms with E-state index in [4.69, 9.17) is 5.11 Å². The maximum absolute atomic E-state index is 13.2. The molecule has 0 saturated carbocycles. The van der Waals surface area contributed by atoms with Gasteiger partial charge in [0.2, 0.25) is 5.95 Å². The van der Waals surface area contributed by atoms with E-state index in [0.29, 0.717) is 37.6 Å². The number of aliphatic carboxylic acids is 1. The first kappa shape index (κ1) is 15.2. The number of carboxylic acid groups (broad SMARTS) is 1. The van der Waals surface area contributed by atoms with Gasteiger partial charge in [0.25, 0.3) is 0 Å². The molecule has 2 N–H and O–H groups in total. The van der Waals surface area contributed by atoms with E-state index in [2.05, 4.69) is 15.3 Å². The Labute approximate surface area is 133 Å². The molecule has 120 valence electrons. The third-order valence-electron chi connectivity index (χ3n) is 3.89. The molecule has 6 nitrogen and oxygen atoms in total. The van der Waals surface area contributed by atoms with E-state index in [1.54, 1.807) is 24.4 Å². The van der Waals surface area contributed by atoms with Crippen molar-refractivity contribution < 1.29 is 14.3 Å². The summed E-state index contributed by atoms with van der Waals surface area (Å²) in [5, 5.41) is 12.0. The highest BCUT2D eigenvalue weighted by molar-refractivity contribution is 5.70. The van der Waals surface area contributed by atoms with Gasteiger partial charge in [-0.1, -0.05) is 6.07 Å². The molecule has 0 bridgehead atoms. The third-order valence-corrected chi connectivity index (χ3v) is 3.89. The van der Waals surface area contributed by atoms with E-state index in [1.165, 1.54) is 12.1 Å². The molecule has 0 aliphatic carbocycles. The van der Waals surface area contributed by atoms with Gasteiger partial charge in [-0.05, 0) is 37.1 Å². The quantitative estimate of drug-likeness (QED) is 0.903. The molecule has 3 rings (SSSR count). The SMILES string of the molecule is O=C(O)C1CCN(c2ccnc(Nc3cccc(F)c3)n2)CC1. The van der Waals surface area contributed by atoms with Crippen molar-refractivity contribution in [1.29, 1.82) is 0 Å². The van der Waals surface area contributed by atoms with Crippen LogP contribution in [0.15, 0.2) is 36.5 Å². The number of piperidine rings is 1. The average molecular weight is 316 g/mol. The fourth-order valence-corrected chi connectivity index (χ4v) is 2.64. The van der Waals surface area contributed by atoms with Crippen LogP contribution in [0.4, 0.5) is 21.8 Å². The Bertz CT molecular complexity index is 702. The number of hydrogen-bond acceptors (Lipinski definition) is 5. The van der Waals surface area contributed by atoms with E-state index in [0.717, 1.165) is 5.82 Å². The Morgan fingerprint density at radius 1 is 1.30 bits per heavy atom. The summed E-state index contributed by atoms with van der Waals surface area (Å²) >= 11 is 0. The maximum Gasteiger partial charge on any atom is 0.306 e. The Balaban J connectivity index is 1.69. The first-order chi connectivity index (χ1) is 11.1. The summed E-state index contributed by atoms with van der Waals surface area (Å²) in [5.41, 5.74) is 0.576. The van der Waals surface area contributed by atoms with E-state index >= 15 is 0 Å². The number of nitrogens with one attached hydrogen (secondary N) is 1. The summed E-state index contributed by atoms with van der Waals surface area (Å²) in [6.45, 7) is 1.29. The van der Waals surface area contributed by atoms with E-state index in [9.17, 15) is 9.18 Å². The number of nitrogens with zero attached hydrogens (tertiary/aromatic N) is 3. The van der Waals surface area contributed by atoms with Crippen LogP contribution >= 0.6 is 0 Å². The monoisotopic (exact) mass is 316 g/mol. The number of anilines is 3. The molecule has 0 spiro atoms. The molecule has 1 aromatic carbocycles. The number of carboxylic acids is 1. The van der Waals surface area contributed by atoms with E-state index < -0.39 is 5.97 Å². The average Bonchev–Trinajstić information content (AvgIpc) is 2.55. The van der Waals surface area contributed by atoms with Crippen molar-refractivity contribution >= 4 is 23.4 Å². The van der Waals surface area contributed by atoms with Crippen LogP contribution in [0, 0.1) is 11.7 Å². The van der Waals surface area contributed by atoms with Crippen molar-refractivity contribution in [2.45, 2.75) is 12.8 Å². The first-order valence-corrected chi connectivity index (χ1v) is 7.45. The van der Waals surface area contributed by atoms with Gasteiger partial charge in [-0.25, -0.2) is 9.37 Å². The summed E-state index contributed by atoms with van der Waals surface area (Å²) in [6, 6.07) is 7.87. The predicted molar refractivity (Wildman–Crippen MR) is 84.3 cm³/mol. The molecule has 1 aliphatic heterocycles. The standard InChI is InChI=1S/C16H17FN4O2/c17-12-2-1-3-13(10-12)19-16-18-7-4-14(20-16)21-8-5-11(6-9-21)15(22)23/h1-4,7,10-11H,5-6,8-9H2,(H,22,23)(H,18,19,20). The zero-order chi connectivity index (χ0) is 16.2. The lowest BCUT2D eigenvalue weighted by Crippen LogP contribution is -2.36. The number of aromatic nitrogens is 2. The highest BCUT2D eigenvalue weighted by Crippen LogP contribution is 2.23. The minimum Gasteiger partial charge on any atom is -0.481 e. The van der Waals surface area contributed by atoms with E-state index in [-0.39, 0.29) is 11.7 Å². The zero-order valence-electron chi connectivity index (χ0n) is 12.4. The molecular weight excluding hydrogens is 299 g/mol. The summed E-state index contributed by atoms with van der Waals surface area (Å²) < 4.78 is 13.2. The van der Waals surface area contributed by atoms with Gasteiger partial charge in [0.15, 0.2) is 0 Å². The van der Waals surface area contributed by atoms with Crippen molar-refractivity contribution in [2.24, 2.45) is 5.92 Å². The number of hydrogen-bond donors (Lipinski definition) is 2. The van der Waals surface area contributed by atoms with Gasteiger partial charge < -0.3 is 15.3 Å². The van der Waals surface area contributed by atoms with Gasteiger partial charge in [-0.3, -0.25) is 4.79 Å². The van der Waals surface area contributed by atoms with Gasteiger partial charge in [-0.15, -0.1) is 0 Å². The molecule has 7 heteroatoms. The highest BCUT2D eigenvalue weighted by atomic mass is 19.1. The second kappa shape index (κ2) is 6.60. The molecule has 0 amide bonds. The van der Waals surface area contributed by atoms with Crippen LogP contribution in [0.2, 0.25) is 0 Å². The molecule has 0 unspecified atom stereocenters. The summed E-state index contributed by atoms with van der Waals surface area (Å²) in [5.74, 6) is -0.225. The molecule has 1 saturated heterocycles. The van der Waals surface area contributed by atoms with Crippen LogP contribution in [0.1, 0.15) is 12.8 Å². The number of rotatable bonds is 4. The van der Waals surface area contributed by atoms with Crippen LogP contribution in [-0.2, 0) is 4.79 Å². The third kappa shape index (κ3) is 3.74. The lowest BCUT2D eigenvalue weighted by Gasteiger charge is -2.31. The largest absolute Gasteiger partial charge is 0.481 e. The summed E-state index contributed by atoms with van der Waals surface area (Å²) in [7, 11) is 0. The number of benzene rings is 1. The Morgan fingerprint density at radius 2 is 2.09 bits per heavy atom. The molecule has 1 fully saturated rings. The second-order valence-electron chi connectivity index (χ2n) is 5.47. The van der Waals surface area contributed by atoms with Crippen molar-refractivity contribution in [3.8, 4) is 0 Å². The van der Waals surface area contributed by atoms with Crippen LogP contribution < -0.4 is 10.2 Å².